The third kappa shape index (κ3) is 3.61. The van der Waals surface area contributed by atoms with Crippen LogP contribution in [0.1, 0.15) is 23.2 Å². The number of nitrogen functional groups attached to an aromatic ring is 1. The van der Waals surface area contributed by atoms with Gasteiger partial charge in [0.05, 0.1) is 0 Å². The maximum absolute atomic E-state index is 11.6. The number of nitrogens with one attached hydrogen (secondary N) is 1. The van der Waals surface area contributed by atoms with Gasteiger partial charge in [-0.1, -0.05) is 17.8 Å². The Morgan fingerprint density at radius 2 is 2.27 bits per heavy atom. The van der Waals surface area contributed by atoms with Crippen molar-refractivity contribution in [2.75, 3.05) is 5.73 Å². The molecule has 0 bridgehead atoms. The monoisotopic (exact) mass is 368 g/mol. The summed E-state index contributed by atoms with van der Waals surface area (Å²) in [4.78, 5) is 25.2. The summed E-state index contributed by atoms with van der Waals surface area (Å²) >= 11 is 1.36. The highest BCUT2D eigenvalue weighted by Crippen LogP contribution is 2.31. The Morgan fingerprint density at radius 1 is 1.42 bits per heavy atom. The Morgan fingerprint density at radius 3 is 3.04 bits per heavy atom. The van der Waals surface area contributed by atoms with Crippen LogP contribution in [0.25, 0.3) is 11.2 Å². The van der Waals surface area contributed by atoms with Gasteiger partial charge in [0.2, 0.25) is 0 Å². The number of nitrogens with two attached hydrogens (primary N) is 1. The van der Waals surface area contributed by atoms with Gasteiger partial charge >= 0.3 is 0 Å². The van der Waals surface area contributed by atoms with Crippen molar-refractivity contribution >= 4 is 34.7 Å². The van der Waals surface area contributed by atoms with E-state index in [1.165, 1.54) is 18.1 Å². The van der Waals surface area contributed by atoms with Crippen molar-refractivity contribution in [3.05, 3.63) is 36.2 Å². The highest BCUT2D eigenvalue weighted by molar-refractivity contribution is 7.99. The fourth-order valence-electron chi connectivity index (χ4n) is 2.42. The van der Waals surface area contributed by atoms with E-state index in [0.29, 0.717) is 40.7 Å². The lowest BCUT2D eigenvalue weighted by Crippen LogP contribution is -2.18. The minimum absolute atomic E-state index is 0.306. The number of amides is 1. The molecule has 0 aliphatic rings. The predicted octanol–water partition coefficient (Wildman–Crippen LogP) is 2.09. The molecule has 0 fully saturated rings. The summed E-state index contributed by atoms with van der Waals surface area (Å²) in [6, 6.07) is 6.84. The van der Waals surface area contributed by atoms with Crippen LogP contribution in [0, 0.1) is 12.3 Å². The number of aryl methyl sites for hydroxylation is 1. The van der Waals surface area contributed by atoms with Gasteiger partial charge in [-0.25, -0.2) is 20.4 Å². The number of nitrogens with zero attached hydrogens (tertiary/aromatic N) is 4. The van der Waals surface area contributed by atoms with Crippen molar-refractivity contribution in [1.82, 2.24) is 25.0 Å². The summed E-state index contributed by atoms with van der Waals surface area (Å²) in [7, 11) is 0. The number of hydrogen-bond donors (Lipinski definition) is 3. The molecule has 132 valence electrons. The lowest BCUT2D eigenvalue weighted by Gasteiger charge is -2.08. The van der Waals surface area contributed by atoms with E-state index in [0.717, 1.165) is 11.3 Å². The minimum Gasteiger partial charge on any atom is -0.382 e. The molecule has 8 nitrogen and oxygen atoms in total. The Labute approximate surface area is 153 Å². The fourth-order valence-corrected chi connectivity index (χ4v) is 3.39. The van der Waals surface area contributed by atoms with Crippen LogP contribution < -0.4 is 11.2 Å². The standard InChI is InChI=1S/C17H16N6O2S/c1-2-3-4-8-23-15-13(14(18)19-10-20-15)21-17(23)26-12-7-5-6-11(9-12)16(24)22-25/h1,5-7,9-10,25H,3-4,8H2,(H,22,24)(H2,18,19,20). The second-order valence-corrected chi connectivity index (χ2v) is 6.40. The van der Waals surface area contributed by atoms with Crippen LogP contribution in [0.5, 0.6) is 0 Å². The molecule has 0 aliphatic heterocycles. The predicted molar refractivity (Wildman–Crippen MR) is 97.6 cm³/mol. The normalized spacial score (nSPS) is 10.6. The largest absolute Gasteiger partial charge is 0.382 e. The molecule has 26 heavy (non-hydrogen) atoms. The van der Waals surface area contributed by atoms with Gasteiger partial charge in [0.1, 0.15) is 6.33 Å². The van der Waals surface area contributed by atoms with E-state index in [1.807, 2.05) is 10.6 Å². The van der Waals surface area contributed by atoms with E-state index in [-0.39, 0.29) is 0 Å². The molecule has 2 aromatic heterocycles. The second-order valence-electron chi connectivity index (χ2n) is 5.36. The first kappa shape index (κ1) is 17.7. The molecule has 9 heteroatoms. The molecule has 0 unspecified atom stereocenters. The summed E-state index contributed by atoms with van der Waals surface area (Å²) in [5.41, 5.74) is 9.05. The highest BCUT2D eigenvalue weighted by Gasteiger charge is 2.16. The number of carbonyl (C=O) groups excluding carboxylic acids is 1. The first-order chi connectivity index (χ1) is 12.6. The van der Waals surface area contributed by atoms with Crippen LogP contribution in [0.3, 0.4) is 0 Å². The van der Waals surface area contributed by atoms with Gasteiger partial charge in [-0.3, -0.25) is 10.0 Å². The van der Waals surface area contributed by atoms with Crippen molar-refractivity contribution in [2.24, 2.45) is 0 Å². The van der Waals surface area contributed by atoms with Crippen molar-refractivity contribution in [2.45, 2.75) is 29.4 Å². The van der Waals surface area contributed by atoms with Gasteiger partial charge in [0.15, 0.2) is 22.1 Å². The van der Waals surface area contributed by atoms with Crippen LogP contribution in [-0.4, -0.2) is 30.6 Å². The van der Waals surface area contributed by atoms with E-state index >= 15 is 0 Å². The van der Waals surface area contributed by atoms with E-state index in [1.54, 1.807) is 23.7 Å². The van der Waals surface area contributed by atoms with E-state index in [4.69, 9.17) is 17.4 Å². The number of rotatable bonds is 6. The first-order valence-electron chi connectivity index (χ1n) is 7.76. The zero-order chi connectivity index (χ0) is 18.5. The van der Waals surface area contributed by atoms with Crippen LogP contribution in [0.15, 0.2) is 40.6 Å². The van der Waals surface area contributed by atoms with Gasteiger partial charge in [-0.05, 0) is 24.6 Å². The lowest BCUT2D eigenvalue weighted by atomic mass is 10.2. The third-order valence-corrected chi connectivity index (χ3v) is 4.62. The topological polar surface area (TPSA) is 119 Å². The Bertz CT molecular complexity index is 995. The van der Waals surface area contributed by atoms with Crippen LogP contribution in [-0.2, 0) is 6.54 Å². The van der Waals surface area contributed by atoms with Crippen molar-refractivity contribution in [3.8, 4) is 12.3 Å². The van der Waals surface area contributed by atoms with Crippen LogP contribution >= 0.6 is 11.8 Å². The molecule has 2 heterocycles. The summed E-state index contributed by atoms with van der Waals surface area (Å²) in [6.45, 7) is 0.635. The SMILES string of the molecule is C#CCCCn1c(Sc2cccc(C(=O)NO)c2)nc2c(N)ncnc21. The summed E-state index contributed by atoms with van der Waals surface area (Å²) in [5, 5.41) is 9.46. The van der Waals surface area contributed by atoms with Gasteiger partial charge in [-0.15, -0.1) is 12.3 Å². The number of unbranched alkanes of at least 4 members (excludes halogenated alkanes) is 1. The number of carbonyl (C=O) groups is 1. The zero-order valence-electron chi connectivity index (χ0n) is 13.7. The number of aromatic nitrogens is 4. The molecule has 4 N–H and O–H groups in total. The molecule has 3 rings (SSSR count). The molecular weight excluding hydrogens is 352 g/mol. The molecule has 0 spiro atoms. The molecule has 1 aromatic carbocycles. The maximum Gasteiger partial charge on any atom is 0.274 e. The molecule has 3 aromatic rings. The number of hydroxylamine groups is 1. The number of imidazole rings is 1. The average molecular weight is 368 g/mol. The zero-order valence-corrected chi connectivity index (χ0v) is 14.5. The average Bonchev–Trinajstić information content (AvgIpc) is 3.00. The Hall–Kier alpha value is -3.09. The van der Waals surface area contributed by atoms with Gasteiger partial charge in [0.25, 0.3) is 5.91 Å². The number of anilines is 1. The number of hydrogen-bond acceptors (Lipinski definition) is 7. The molecule has 0 saturated carbocycles. The van der Waals surface area contributed by atoms with Crippen molar-refractivity contribution in [3.63, 3.8) is 0 Å². The molecule has 0 saturated heterocycles. The van der Waals surface area contributed by atoms with E-state index < -0.39 is 5.91 Å². The van der Waals surface area contributed by atoms with Gasteiger partial charge < -0.3 is 10.3 Å². The minimum atomic E-state index is -0.579. The van der Waals surface area contributed by atoms with Crippen molar-refractivity contribution in [1.29, 1.82) is 0 Å². The first-order valence-corrected chi connectivity index (χ1v) is 8.58. The Balaban J connectivity index is 1.99. The smallest absolute Gasteiger partial charge is 0.274 e. The van der Waals surface area contributed by atoms with Gasteiger partial charge in [0, 0.05) is 23.4 Å². The molecule has 1 amide bonds. The molecule has 0 atom stereocenters. The van der Waals surface area contributed by atoms with E-state index in [2.05, 4.69) is 20.9 Å². The third-order valence-electron chi connectivity index (χ3n) is 3.64. The van der Waals surface area contributed by atoms with Crippen molar-refractivity contribution < 1.29 is 10.0 Å². The fraction of sp³-hybridized carbons (Fsp3) is 0.176. The van der Waals surface area contributed by atoms with Crippen LogP contribution in [0.4, 0.5) is 5.82 Å². The van der Waals surface area contributed by atoms with Crippen LogP contribution in [0.2, 0.25) is 0 Å². The molecule has 0 aliphatic carbocycles. The summed E-state index contributed by atoms with van der Waals surface area (Å²) in [6.07, 6.45) is 8.15. The Kier molecular flexibility index (Phi) is 5.36. The number of fused-ring (bicyclic) bond motifs is 1. The quantitative estimate of drug-likeness (QED) is 0.264. The van der Waals surface area contributed by atoms with Gasteiger partial charge in [-0.2, -0.15) is 0 Å². The second kappa shape index (κ2) is 7.86. The maximum atomic E-state index is 11.6. The molecule has 0 radical (unpaired) electrons. The number of benzene rings is 1. The summed E-state index contributed by atoms with van der Waals surface area (Å²) in [5.74, 6) is 2.35. The molecular formula is C17H16N6O2S. The number of terminal acetylenes is 1. The summed E-state index contributed by atoms with van der Waals surface area (Å²) < 4.78 is 1.94. The highest BCUT2D eigenvalue weighted by atomic mass is 32.2. The van der Waals surface area contributed by atoms with E-state index in [9.17, 15) is 4.79 Å². The lowest BCUT2D eigenvalue weighted by molar-refractivity contribution is 0.0706.